The van der Waals surface area contributed by atoms with Crippen LogP contribution in [0, 0.1) is 0 Å². The topological polar surface area (TPSA) is 56.7 Å². The summed E-state index contributed by atoms with van der Waals surface area (Å²) in [4.78, 5) is 15.0. The molecule has 0 fully saturated rings. The Morgan fingerprint density at radius 2 is 1.23 bits per heavy atom. The third-order valence-corrected chi connectivity index (χ3v) is 7.37. The molecule has 8 rings (SSSR count). The minimum Gasteiger partial charge on any atom is -0.455 e. The smallest absolute Gasteiger partial charge is 0.238 e. The maximum absolute atomic E-state index is 6.34. The van der Waals surface area contributed by atoms with E-state index in [1.165, 1.54) is 0 Å². The number of rotatable bonds is 3. The molecule has 0 saturated carbocycles. The quantitative estimate of drug-likeness (QED) is 0.232. The molecule has 3 heterocycles. The maximum Gasteiger partial charge on any atom is 0.238 e. The van der Waals surface area contributed by atoms with Gasteiger partial charge in [0.1, 0.15) is 11.2 Å². The summed E-state index contributed by atoms with van der Waals surface area (Å²) >= 11 is 6.27. The van der Waals surface area contributed by atoms with Crippen molar-refractivity contribution in [3.05, 3.63) is 120 Å². The van der Waals surface area contributed by atoms with Gasteiger partial charge in [-0.1, -0.05) is 90.5 Å². The first kappa shape index (κ1) is 22.0. The van der Waals surface area contributed by atoms with Gasteiger partial charge in [0.05, 0.1) is 16.6 Å². The number of nitrogens with zero attached hydrogens (tertiary/aromatic N) is 4. The van der Waals surface area contributed by atoms with E-state index in [9.17, 15) is 0 Å². The van der Waals surface area contributed by atoms with Gasteiger partial charge in [0, 0.05) is 38.2 Å². The number of benzene rings is 5. The zero-order valence-corrected chi connectivity index (χ0v) is 21.3. The molecule has 0 radical (unpaired) electrons. The highest BCUT2D eigenvalue weighted by atomic mass is 35.5. The SMILES string of the molecule is Clc1ccc2c(c1)oc1c(-c3nc(-c4ccccc4)nc(-n4c5ccccc5c5ccccc54)n3)cccc12. The van der Waals surface area contributed by atoms with Crippen LogP contribution in [-0.4, -0.2) is 19.5 Å². The van der Waals surface area contributed by atoms with Crippen molar-refractivity contribution in [1.29, 1.82) is 0 Å². The highest BCUT2D eigenvalue weighted by Gasteiger charge is 2.20. The average molecular weight is 523 g/mol. The summed E-state index contributed by atoms with van der Waals surface area (Å²) in [6.45, 7) is 0. The number of aromatic nitrogens is 4. The van der Waals surface area contributed by atoms with Gasteiger partial charge in [0.25, 0.3) is 0 Å². The van der Waals surface area contributed by atoms with Crippen LogP contribution in [0.5, 0.6) is 0 Å². The van der Waals surface area contributed by atoms with Crippen molar-refractivity contribution in [3.63, 3.8) is 0 Å². The molecule has 0 saturated heterocycles. The average Bonchev–Trinajstić information content (AvgIpc) is 3.52. The van der Waals surface area contributed by atoms with Gasteiger partial charge in [-0.3, -0.25) is 4.57 Å². The molecule has 8 aromatic rings. The van der Waals surface area contributed by atoms with Crippen LogP contribution in [-0.2, 0) is 0 Å². The fourth-order valence-corrected chi connectivity index (χ4v) is 5.55. The van der Waals surface area contributed by atoms with Gasteiger partial charge in [-0.2, -0.15) is 9.97 Å². The Labute approximate surface area is 228 Å². The van der Waals surface area contributed by atoms with Crippen molar-refractivity contribution in [3.8, 4) is 28.7 Å². The molecule has 0 N–H and O–H groups in total. The van der Waals surface area contributed by atoms with Gasteiger partial charge < -0.3 is 4.42 Å². The van der Waals surface area contributed by atoms with Crippen LogP contribution in [0.3, 0.4) is 0 Å². The van der Waals surface area contributed by atoms with E-state index in [2.05, 4.69) is 41.0 Å². The monoisotopic (exact) mass is 522 g/mol. The number of hydrogen-bond acceptors (Lipinski definition) is 4. The number of fused-ring (bicyclic) bond motifs is 6. The summed E-state index contributed by atoms with van der Waals surface area (Å²) < 4.78 is 8.46. The lowest BCUT2D eigenvalue weighted by atomic mass is 10.1. The maximum atomic E-state index is 6.34. The molecule has 0 amide bonds. The molecule has 39 heavy (non-hydrogen) atoms. The lowest BCUT2D eigenvalue weighted by molar-refractivity contribution is 0.669. The second-order valence-electron chi connectivity index (χ2n) is 9.44. The summed E-state index contributed by atoms with van der Waals surface area (Å²) in [5.41, 5.74) is 5.21. The van der Waals surface area contributed by atoms with Crippen molar-refractivity contribution in [2.24, 2.45) is 0 Å². The van der Waals surface area contributed by atoms with Crippen LogP contribution in [0.4, 0.5) is 0 Å². The molecule has 0 unspecified atom stereocenters. The van der Waals surface area contributed by atoms with Crippen LogP contribution in [0.2, 0.25) is 5.02 Å². The second-order valence-corrected chi connectivity index (χ2v) is 9.88. The number of furan rings is 1. The Bertz CT molecular complexity index is 2140. The van der Waals surface area contributed by atoms with Gasteiger partial charge in [0.15, 0.2) is 11.6 Å². The number of hydrogen-bond donors (Lipinski definition) is 0. The van der Waals surface area contributed by atoms with E-state index in [4.69, 9.17) is 31.0 Å². The van der Waals surface area contributed by atoms with Crippen molar-refractivity contribution in [2.75, 3.05) is 0 Å². The van der Waals surface area contributed by atoms with Crippen molar-refractivity contribution in [2.45, 2.75) is 0 Å². The Balaban J connectivity index is 1.46. The first-order valence-electron chi connectivity index (χ1n) is 12.7. The fourth-order valence-electron chi connectivity index (χ4n) is 5.39. The summed E-state index contributed by atoms with van der Waals surface area (Å²) in [6, 6.07) is 38.4. The van der Waals surface area contributed by atoms with E-state index < -0.39 is 0 Å². The summed E-state index contributed by atoms with van der Waals surface area (Å²) in [5.74, 6) is 1.68. The standard InChI is InChI=1S/C33H19ClN4O/c34-21-17-18-24-25-13-8-14-26(30(25)39-29(24)19-21)32-35-31(20-9-2-1-3-10-20)36-33(37-32)38-27-15-6-4-11-22(27)23-12-5-7-16-28(23)38/h1-19H. The molecule has 0 atom stereocenters. The van der Waals surface area contributed by atoms with Gasteiger partial charge in [-0.15, -0.1) is 0 Å². The Hall–Kier alpha value is -5.00. The van der Waals surface area contributed by atoms with Crippen LogP contribution in [0.1, 0.15) is 0 Å². The molecule has 5 nitrogen and oxygen atoms in total. The number of halogens is 1. The third kappa shape index (κ3) is 3.44. The van der Waals surface area contributed by atoms with Gasteiger partial charge in [-0.05, 0) is 30.3 Å². The molecular formula is C33H19ClN4O. The zero-order chi connectivity index (χ0) is 25.9. The zero-order valence-electron chi connectivity index (χ0n) is 20.5. The van der Waals surface area contributed by atoms with Crippen LogP contribution in [0.25, 0.3) is 72.5 Å². The second kappa shape index (κ2) is 8.51. The molecule has 3 aromatic heterocycles. The molecule has 0 aliphatic heterocycles. The molecule has 0 aliphatic rings. The Kier molecular flexibility index (Phi) is 4.81. The first-order chi connectivity index (χ1) is 19.2. The van der Waals surface area contributed by atoms with Crippen molar-refractivity contribution < 1.29 is 4.42 Å². The van der Waals surface area contributed by atoms with Gasteiger partial charge in [0.2, 0.25) is 5.95 Å². The van der Waals surface area contributed by atoms with Crippen molar-refractivity contribution >= 4 is 55.3 Å². The summed E-state index contributed by atoms with van der Waals surface area (Å²) in [6.07, 6.45) is 0. The highest BCUT2D eigenvalue weighted by molar-refractivity contribution is 6.31. The van der Waals surface area contributed by atoms with Crippen LogP contribution in [0.15, 0.2) is 120 Å². The van der Waals surface area contributed by atoms with Gasteiger partial charge in [-0.25, -0.2) is 4.98 Å². The molecule has 0 spiro atoms. The number of para-hydroxylation sites is 3. The molecule has 184 valence electrons. The Morgan fingerprint density at radius 3 is 2.00 bits per heavy atom. The summed E-state index contributed by atoms with van der Waals surface area (Å²) in [7, 11) is 0. The van der Waals surface area contributed by atoms with E-state index >= 15 is 0 Å². The predicted octanol–water partition coefficient (Wildman–Crippen LogP) is 8.86. The lowest BCUT2D eigenvalue weighted by Crippen LogP contribution is -2.06. The van der Waals surface area contributed by atoms with Crippen LogP contribution < -0.4 is 0 Å². The molecule has 0 bridgehead atoms. The minimum absolute atomic E-state index is 0.538. The van der Waals surface area contributed by atoms with E-state index in [1.807, 2.05) is 78.9 Å². The van der Waals surface area contributed by atoms with E-state index in [0.29, 0.717) is 28.2 Å². The first-order valence-corrected chi connectivity index (χ1v) is 13.0. The summed E-state index contributed by atoms with van der Waals surface area (Å²) in [5, 5.41) is 4.90. The Morgan fingerprint density at radius 1 is 0.564 bits per heavy atom. The molecule has 0 aliphatic carbocycles. The normalized spacial score (nSPS) is 11.7. The van der Waals surface area contributed by atoms with Gasteiger partial charge >= 0.3 is 0 Å². The largest absolute Gasteiger partial charge is 0.455 e. The van der Waals surface area contributed by atoms with E-state index in [0.717, 1.165) is 49.3 Å². The van der Waals surface area contributed by atoms with Crippen LogP contribution >= 0.6 is 11.6 Å². The fraction of sp³-hybridized carbons (Fsp3) is 0. The third-order valence-electron chi connectivity index (χ3n) is 7.14. The van der Waals surface area contributed by atoms with Crippen molar-refractivity contribution in [1.82, 2.24) is 19.5 Å². The van der Waals surface area contributed by atoms with E-state index in [1.54, 1.807) is 0 Å². The highest BCUT2D eigenvalue weighted by Crippen LogP contribution is 2.37. The lowest BCUT2D eigenvalue weighted by Gasteiger charge is -2.11. The molecule has 6 heteroatoms. The molecule has 5 aromatic carbocycles. The minimum atomic E-state index is 0.538. The van der Waals surface area contributed by atoms with E-state index in [-0.39, 0.29) is 0 Å². The molecular weight excluding hydrogens is 504 g/mol. The predicted molar refractivity (Wildman–Crippen MR) is 157 cm³/mol.